The number of nitrogens with one attached hydrogen (secondary N) is 1. The van der Waals surface area contributed by atoms with Gasteiger partial charge in [0, 0.05) is 0 Å². The zero-order valence-corrected chi connectivity index (χ0v) is 15.1. The van der Waals surface area contributed by atoms with Crippen LogP contribution in [0.2, 0.25) is 0 Å². The van der Waals surface area contributed by atoms with Crippen molar-refractivity contribution in [2.75, 3.05) is 30.5 Å². The second-order valence-electron chi connectivity index (χ2n) is 5.00. The monoisotopic (exact) mass is 369 g/mol. The van der Waals surface area contributed by atoms with E-state index in [9.17, 15) is 14.4 Å². The van der Waals surface area contributed by atoms with E-state index in [0.29, 0.717) is 17.7 Å². The zero-order valence-electron chi connectivity index (χ0n) is 15.1. The van der Waals surface area contributed by atoms with E-state index >= 15 is 0 Å². The average molecular weight is 369 g/mol. The number of imide groups is 1. The molecule has 1 rings (SSSR count). The van der Waals surface area contributed by atoms with Gasteiger partial charge in [-0.05, 0) is 12.8 Å². The number of methoxy groups -OCH3 is 1. The fraction of sp³-hybridized carbons (Fsp3) is 0.600. The molecule has 0 aliphatic carbocycles. The number of carbonyl (C=O) groups excluding carboxylic acids is 3. The number of amides is 3. The maximum Gasteiger partial charge on any atom is 0.426 e. The van der Waals surface area contributed by atoms with Gasteiger partial charge in [0.25, 0.3) is 0 Å². The molecule has 0 aromatic carbocycles. The molecule has 0 aliphatic rings. The quantitative estimate of drug-likeness (QED) is 0.542. The lowest BCUT2D eigenvalue weighted by atomic mass is 10.4. The van der Waals surface area contributed by atoms with Crippen molar-refractivity contribution < 1.29 is 28.6 Å². The van der Waals surface area contributed by atoms with Crippen molar-refractivity contribution in [3.63, 3.8) is 0 Å². The summed E-state index contributed by atoms with van der Waals surface area (Å²) in [6.45, 7) is 4.13. The van der Waals surface area contributed by atoms with E-state index < -0.39 is 18.3 Å². The number of ether oxygens (including phenoxy) is 3. The maximum atomic E-state index is 12.3. The summed E-state index contributed by atoms with van der Waals surface area (Å²) in [5.74, 6) is -0.538. The second kappa shape index (κ2) is 11.6. The van der Waals surface area contributed by atoms with Crippen LogP contribution in [0.1, 0.15) is 39.5 Å². The Morgan fingerprint density at radius 3 is 2.12 bits per heavy atom. The fourth-order valence-electron chi connectivity index (χ4n) is 1.57. The molecule has 0 radical (unpaired) electrons. The van der Waals surface area contributed by atoms with Crippen LogP contribution in [0.3, 0.4) is 0 Å². The average Bonchev–Trinajstić information content (AvgIpc) is 2.62. The maximum absolute atomic E-state index is 12.3. The number of anilines is 2. The molecule has 0 bridgehead atoms. The summed E-state index contributed by atoms with van der Waals surface area (Å²) in [4.78, 5) is 47.7. The Hall–Kier alpha value is -2.98. The zero-order chi connectivity index (χ0) is 19.4. The van der Waals surface area contributed by atoms with Gasteiger partial charge >= 0.3 is 18.3 Å². The van der Waals surface area contributed by atoms with Gasteiger partial charge in [0.05, 0.1) is 20.3 Å². The Bertz CT molecular complexity index is 590. The molecule has 26 heavy (non-hydrogen) atoms. The Balaban J connectivity index is 2.98. The summed E-state index contributed by atoms with van der Waals surface area (Å²) in [5, 5.41) is 2.22. The van der Waals surface area contributed by atoms with Crippen molar-refractivity contribution in [2.24, 2.45) is 0 Å². The fourth-order valence-corrected chi connectivity index (χ4v) is 1.57. The van der Waals surface area contributed by atoms with Gasteiger partial charge in [-0.1, -0.05) is 26.7 Å². The minimum Gasteiger partial charge on any atom is -0.453 e. The Morgan fingerprint density at radius 1 is 1.04 bits per heavy atom. The number of unbranched alkanes of at least 4 members (excludes halogenated alkanes) is 2. The molecule has 3 amide bonds. The summed E-state index contributed by atoms with van der Waals surface area (Å²) >= 11 is 0. The third kappa shape index (κ3) is 6.87. The largest absolute Gasteiger partial charge is 0.453 e. The smallest absolute Gasteiger partial charge is 0.426 e. The van der Waals surface area contributed by atoms with Gasteiger partial charge < -0.3 is 14.2 Å². The first-order valence-electron chi connectivity index (χ1n) is 8.21. The Morgan fingerprint density at radius 2 is 1.62 bits per heavy atom. The molecule has 0 atom stereocenters. The molecular weight excluding hydrogens is 346 g/mol. The van der Waals surface area contributed by atoms with Crippen LogP contribution in [0.25, 0.3) is 0 Å². The van der Waals surface area contributed by atoms with Crippen LogP contribution in [-0.4, -0.2) is 53.6 Å². The molecule has 0 saturated carbocycles. The molecule has 1 aromatic rings. The summed E-state index contributed by atoms with van der Waals surface area (Å²) in [5.41, 5.74) is 0. The van der Waals surface area contributed by atoms with Crippen LogP contribution in [-0.2, 0) is 14.2 Å². The lowest BCUT2D eigenvalue weighted by molar-refractivity contribution is 0.132. The number of hydrogen-bond acceptors (Lipinski definition) is 9. The van der Waals surface area contributed by atoms with Gasteiger partial charge in [-0.15, -0.1) is 4.90 Å². The van der Waals surface area contributed by atoms with E-state index in [0.717, 1.165) is 19.2 Å². The number of rotatable bonds is 8. The molecule has 1 heterocycles. The highest BCUT2D eigenvalue weighted by Crippen LogP contribution is 2.13. The molecular formula is C15H23N5O6. The lowest BCUT2D eigenvalue weighted by Gasteiger charge is -2.18. The normalized spacial score (nSPS) is 9.96. The van der Waals surface area contributed by atoms with Crippen molar-refractivity contribution in [2.45, 2.75) is 39.5 Å². The molecule has 1 N–H and O–H groups in total. The van der Waals surface area contributed by atoms with E-state index in [1.54, 1.807) is 0 Å². The number of nitrogens with zero attached hydrogens (tertiary/aromatic N) is 4. The highest BCUT2D eigenvalue weighted by Gasteiger charge is 2.30. The summed E-state index contributed by atoms with van der Waals surface area (Å²) < 4.78 is 14.5. The van der Waals surface area contributed by atoms with Crippen molar-refractivity contribution in [1.82, 2.24) is 15.0 Å². The van der Waals surface area contributed by atoms with Crippen molar-refractivity contribution in [1.29, 1.82) is 0 Å². The van der Waals surface area contributed by atoms with E-state index in [4.69, 9.17) is 9.47 Å². The summed E-state index contributed by atoms with van der Waals surface area (Å²) in [6, 6.07) is 0. The first-order valence-corrected chi connectivity index (χ1v) is 8.21. The van der Waals surface area contributed by atoms with Crippen LogP contribution in [0.5, 0.6) is 0 Å². The highest BCUT2D eigenvalue weighted by atomic mass is 16.6. The SMILES string of the molecule is CCCCOC(=O)N(C(=O)OCCCC)c1ncnc(NC(=O)OC)n1. The summed E-state index contributed by atoms with van der Waals surface area (Å²) in [7, 11) is 1.17. The van der Waals surface area contributed by atoms with Gasteiger partial charge in [-0.3, -0.25) is 5.32 Å². The Kier molecular flexibility index (Phi) is 9.36. The predicted molar refractivity (Wildman–Crippen MR) is 90.8 cm³/mol. The number of aromatic nitrogens is 3. The predicted octanol–water partition coefficient (Wildman–Crippen LogP) is 2.73. The highest BCUT2D eigenvalue weighted by molar-refractivity contribution is 6.07. The van der Waals surface area contributed by atoms with Crippen molar-refractivity contribution in [3.05, 3.63) is 6.33 Å². The van der Waals surface area contributed by atoms with E-state index in [1.807, 2.05) is 13.8 Å². The first-order chi connectivity index (χ1) is 12.5. The molecule has 11 nitrogen and oxygen atoms in total. The third-order valence-electron chi connectivity index (χ3n) is 2.97. The van der Waals surface area contributed by atoms with Gasteiger partial charge in [-0.25, -0.2) is 24.4 Å². The Labute approximate surface area is 151 Å². The molecule has 0 unspecified atom stereocenters. The first kappa shape index (κ1) is 21.1. The lowest BCUT2D eigenvalue weighted by Crippen LogP contribution is -2.39. The molecule has 144 valence electrons. The standard InChI is InChI=1S/C15H23N5O6/c1-4-6-8-25-14(22)20(15(23)26-9-7-5-2)12-17-10-16-11(18-12)19-13(21)24-3/h10H,4-9H2,1-3H3,(H,16,17,18,19,21). The molecule has 11 heteroatoms. The van der Waals surface area contributed by atoms with Gasteiger partial charge in [0.1, 0.15) is 6.33 Å². The third-order valence-corrected chi connectivity index (χ3v) is 2.97. The van der Waals surface area contributed by atoms with Crippen LogP contribution in [0.15, 0.2) is 6.33 Å². The van der Waals surface area contributed by atoms with Gasteiger partial charge in [0.2, 0.25) is 11.9 Å². The molecule has 0 aliphatic heterocycles. The number of carbonyl (C=O) groups is 3. The van der Waals surface area contributed by atoms with E-state index in [-0.39, 0.29) is 25.1 Å². The second-order valence-corrected chi connectivity index (χ2v) is 5.00. The van der Waals surface area contributed by atoms with Crippen LogP contribution < -0.4 is 10.2 Å². The van der Waals surface area contributed by atoms with Crippen LogP contribution in [0, 0.1) is 0 Å². The molecule has 0 saturated heterocycles. The molecule has 1 aromatic heterocycles. The van der Waals surface area contributed by atoms with Crippen molar-refractivity contribution >= 4 is 30.2 Å². The van der Waals surface area contributed by atoms with E-state index in [2.05, 4.69) is 25.0 Å². The molecule has 0 spiro atoms. The minimum atomic E-state index is -0.977. The van der Waals surface area contributed by atoms with Gasteiger partial charge in [-0.2, -0.15) is 4.98 Å². The van der Waals surface area contributed by atoms with Gasteiger partial charge in [0.15, 0.2) is 0 Å². The molecule has 0 fully saturated rings. The van der Waals surface area contributed by atoms with E-state index in [1.165, 1.54) is 7.11 Å². The summed E-state index contributed by atoms with van der Waals surface area (Å²) in [6.07, 6.45) is 1.16. The van der Waals surface area contributed by atoms with Crippen LogP contribution in [0.4, 0.5) is 26.3 Å². The minimum absolute atomic E-state index is 0.131. The topological polar surface area (TPSA) is 133 Å². The van der Waals surface area contributed by atoms with Crippen LogP contribution >= 0.6 is 0 Å². The van der Waals surface area contributed by atoms with Crippen molar-refractivity contribution in [3.8, 4) is 0 Å². The number of hydrogen-bond donors (Lipinski definition) is 1.